The van der Waals surface area contributed by atoms with Crippen molar-refractivity contribution in [2.45, 2.75) is 26.4 Å². The van der Waals surface area contributed by atoms with Crippen LogP contribution in [-0.2, 0) is 5.60 Å². The fraction of sp³-hybridized carbons (Fsp3) is 0.222. The van der Waals surface area contributed by atoms with Gasteiger partial charge in [-0.2, -0.15) is 0 Å². The molecule has 0 aliphatic rings. The van der Waals surface area contributed by atoms with Crippen molar-refractivity contribution in [2.75, 3.05) is 0 Å². The van der Waals surface area contributed by atoms with E-state index in [9.17, 15) is 9.50 Å². The summed E-state index contributed by atoms with van der Waals surface area (Å²) in [7, 11) is 0. The van der Waals surface area contributed by atoms with Crippen LogP contribution < -0.4 is 0 Å². The molecule has 1 heterocycles. The fourth-order valence-electron chi connectivity index (χ4n) is 2.65. The molecule has 0 amide bonds. The predicted octanol–water partition coefficient (Wildman–Crippen LogP) is 4.44. The van der Waals surface area contributed by atoms with Gasteiger partial charge in [0.15, 0.2) is 0 Å². The monoisotopic (exact) mass is 284 g/mol. The van der Waals surface area contributed by atoms with Crippen LogP contribution in [0.5, 0.6) is 0 Å². The summed E-state index contributed by atoms with van der Waals surface area (Å²) in [5, 5.41) is 11.5. The van der Waals surface area contributed by atoms with Crippen molar-refractivity contribution < 1.29 is 13.9 Å². The first-order chi connectivity index (χ1) is 9.86. The third kappa shape index (κ3) is 2.45. The van der Waals surface area contributed by atoms with E-state index in [1.807, 2.05) is 32.0 Å². The Morgan fingerprint density at radius 2 is 1.67 bits per heavy atom. The number of benzene rings is 2. The molecule has 0 aliphatic carbocycles. The molecule has 0 bridgehead atoms. The second kappa shape index (κ2) is 4.71. The quantitative estimate of drug-likeness (QED) is 0.754. The number of fused-ring (bicyclic) bond motifs is 1. The predicted molar refractivity (Wildman–Crippen MR) is 80.8 cm³/mol. The zero-order valence-corrected chi connectivity index (χ0v) is 12.3. The van der Waals surface area contributed by atoms with E-state index < -0.39 is 5.60 Å². The summed E-state index contributed by atoms with van der Waals surface area (Å²) < 4.78 is 19.0. The standard InChI is InChI=1S/C18H17FO2/c1-11-6-12(2)8-14(7-11)18(3,20)17-10-13-9-15(19)4-5-16(13)21-17/h4-10,20H,1-3H3. The van der Waals surface area contributed by atoms with Crippen molar-refractivity contribution in [1.82, 2.24) is 0 Å². The molecule has 0 fully saturated rings. The Morgan fingerprint density at radius 3 is 2.33 bits per heavy atom. The Bertz CT molecular complexity index is 795. The molecule has 3 rings (SSSR count). The Morgan fingerprint density at radius 1 is 1.00 bits per heavy atom. The lowest BCUT2D eigenvalue weighted by Crippen LogP contribution is -2.22. The minimum atomic E-state index is -1.26. The van der Waals surface area contributed by atoms with Crippen molar-refractivity contribution in [3.8, 4) is 0 Å². The van der Waals surface area contributed by atoms with Crippen molar-refractivity contribution in [1.29, 1.82) is 0 Å². The van der Waals surface area contributed by atoms with Gasteiger partial charge in [0.1, 0.15) is 22.8 Å². The van der Waals surface area contributed by atoms with E-state index in [-0.39, 0.29) is 5.82 Å². The summed E-state index contributed by atoms with van der Waals surface area (Å²) in [4.78, 5) is 0. The molecule has 3 aromatic rings. The summed E-state index contributed by atoms with van der Waals surface area (Å²) in [6.07, 6.45) is 0. The lowest BCUT2D eigenvalue weighted by atomic mass is 9.90. The number of aliphatic hydroxyl groups is 1. The first-order valence-electron chi connectivity index (χ1n) is 6.87. The maximum Gasteiger partial charge on any atom is 0.144 e. The van der Waals surface area contributed by atoms with Gasteiger partial charge in [-0.1, -0.05) is 29.3 Å². The highest BCUT2D eigenvalue weighted by Crippen LogP contribution is 2.34. The molecule has 1 atom stereocenters. The van der Waals surface area contributed by atoms with Gasteiger partial charge in [0, 0.05) is 5.39 Å². The molecule has 0 saturated carbocycles. The van der Waals surface area contributed by atoms with Gasteiger partial charge in [-0.25, -0.2) is 4.39 Å². The maximum absolute atomic E-state index is 13.3. The number of furan rings is 1. The van der Waals surface area contributed by atoms with Crippen molar-refractivity contribution in [3.63, 3.8) is 0 Å². The minimum absolute atomic E-state index is 0.319. The van der Waals surface area contributed by atoms with Crippen LogP contribution in [0, 0.1) is 19.7 Å². The number of rotatable bonds is 2. The number of halogens is 1. The molecule has 0 radical (unpaired) electrons. The van der Waals surface area contributed by atoms with Crippen LogP contribution in [0.15, 0.2) is 46.9 Å². The Labute approximate surface area is 122 Å². The van der Waals surface area contributed by atoms with Crippen LogP contribution in [0.3, 0.4) is 0 Å². The normalized spacial score (nSPS) is 14.3. The number of aryl methyl sites for hydroxylation is 2. The lowest BCUT2D eigenvalue weighted by Gasteiger charge is -2.22. The molecule has 0 spiro atoms. The average molecular weight is 284 g/mol. The van der Waals surface area contributed by atoms with E-state index >= 15 is 0 Å². The Hall–Kier alpha value is -2.13. The smallest absolute Gasteiger partial charge is 0.144 e. The summed E-state index contributed by atoms with van der Waals surface area (Å²) >= 11 is 0. The van der Waals surface area contributed by atoms with Gasteiger partial charge >= 0.3 is 0 Å². The molecule has 1 aromatic heterocycles. The zero-order chi connectivity index (χ0) is 15.2. The molecule has 1 N–H and O–H groups in total. The van der Waals surface area contributed by atoms with Crippen LogP contribution >= 0.6 is 0 Å². The molecular weight excluding hydrogens is 267 g/mol. The first kappa shape index (κ1) is 13.8. The molecule has 108 valence electrons. The van der Waals surface area contributed by atoms with Gasteiger partial charge in [-0.05, 0) is 50.6 Å². The fourth-order valence-corrected chi connectivity index (χ4v) is 2.65. The van der Waals surface area contributed by atoms with Crippen LogP contribution in [0.2, 0.25) is 0 Å². The number of hydrogen-bond acceptors (Lipinski definition) is 2. The molecule has 0 aliphatic heterocycles. The Balaban J connectivity index is 2.14. The maximum atomic E-state index is 13.3. The molecule has 21 heavy (non-hydrogen) atoms. The Kier molecular flexibility index (Phi) is 3.10. The summed E-state index contributed by atoms with van der Waals surface area (Å²) in [6.45, 7) is 5.66. The second-order valence-electron chi connectivity index (χ2n) is 5.74. The third-order valence-electron chi connectivity index (χ3n) is 3.74. The summed E-state index contributed by atoms with van der Waals surface area (Å²) in [5.74, 6) is 0.0917. The van der Waals surface area contributed by atoms with E-state index in [1.54, 1.807) is 19.1 Å². The molecule has 2 aromatic carbocycles. The van der Waals surface area contributed by atoms with Gasteiger partial charge < -0.3 is 9.52 Å². The van der Waals surface area contributed by atoms with Crippen molar-refractivity contribution in [2.24, 2.45) is 0 Å². The van der Waals surface area contributed by atoms with Gasteiger partial charge in [0.05, 0.1) is 0 Å². The highest BCUT2D eigenvalue weighted by molar-refractivity contribution is 5.78. The molecule has 3 heteroatoms. The van der Waals surface area contributed by atoms with Gasteiger partial charge in [-0.3, -0.25) is 0 Å². The van der Waals surface area contributed by atoms with E-state index in [4.69, 9.17) is 4.42 Å². The zero-order valence-electron chi connectivity index (χ0n) is 12.3. The van der Waals surface area contributed by atoms with E-state index in [0.29, 0.717) is 16.7 Å². The topological polar surface area (TPSA) is 33.4 Å². The molecule has 0 saturated heterocycles. The molecule has 2 nitrogen and oxygen atoms in total. The second-order valence-corrected chi connectivity index (χ2v) is 5.74. The largest absolute Gasteiger partial charge is 0.458 e. The van der Waals surface area contributed by atoms with Crippen molar-refractivity contribution >= 4 is 11.0 Å². The van der Waals surface area contributed by atoms with Crippen LogP contribution in [0.4, 0.5) is 4.39 Å². The van der Waals surface area contributed by atoms with Crippen molar-refractivity contribution in [3.05, 3.63) is 70.7 Å². The van der Waals surface area contributed by atoms with Gasteiger partial charge in [-0.15, -0.1) is 0 Å². The SMILES string of the molecule is Cc1cc(C)cc(C(C)(O)c2cc3cc(F)ccc3o2)c1. The van der Waals surface area contributed by atoms with Gasteiger partial charge in [0.2, 0.25) is 0 Å². The van der Waals surface area contributed by atoms with E-state index in [0.717, 1.165) is 16.7 Å². The van der Waals surface area contributed by atoms with E-state index in [1.165, 1.54) is 12.1 Å². The first-order valence-corrected chi connectivity index (χ1v) is 6.87. The van der Waals surface area contributed by atoms with E-state index in [2.05, 4.69) is 0 Å². The average Bonchev–Trinajstić information content (AvgIpc) is 2.81. The van der Waals surface area contributed by atoms with Crippen LogP contribution in [-0.4, -0.2) is 5.11 Å². The highest BCUT2D eigenvalue weighted by Gasteiger charge is 2.30. The summed E-state index contributed by atoms with van der Waals surface area (Å²) in [6, 6.07) is 11.9. The lowest BCUT2D eigenvalue weighted by molar-refractivity contribution is 0.0785. The highest BCUT2D eigenvalue weighted by atomic mass is 19.1. The van der Waals surface area contributed by atoms with Gasteiger partial charge in [0.25, 0.3) is 0 Å². The molecular formula is C18H17FO2. The van der Waals surface area contributed by atoms with Crippen LogP contribution in [0.25, 0.3) is 11.0 Å². The molecule has 1 unspecified atom stereocenters. The third-order valence-corrected chi connectivity index (χ3v) is 3.74. The van der Waals surface area contributed by atoms with Crippen LogP contribution in [0.1, 0.15) is 29.4 Å². The summed E-state index contributed by atoms with van der Waals surface area (Å²) in [5.41, 5.74) is 2.22. The number of hydrogen-bond donors (Lipinski definition) is 1. The minimum Gasteiger partial charge on any atom is -0.458 e.